The zero-order valence-corrected chi connectivity index (χ0v) is 16.5. The number of carbonyl (C=O) groups is 2. The molecule has 1 aromatic carbocycles. The summed E-state index contributed by atoms with van der Waals surface area (Å²) in [6.45, 7) is 4.97. The van der Waals surface area contributed by atoms with Crippen LogP contribution in [-0.2, 0) is 16.0 Å². The number of hydrogen-bond acceptors (Lipinski definition) is 5. The molecule has 0 spiro atoms. The third-order valence-corrected chi connectivity index (χ3v) is 4.78. The molecule has 1 unspecified atom stereocenters. The van der Waals surface area contributed by atoms with Gasteiger partial charge in [-0.15, -0.1) is 0 Å². The lowest BCUT2D eigenvalue weighted by molar-refractivity contribution is -0.128. The smallest absolute Gasteiger partial charge is 0.234 e. The van der Waals surface area contributed by atoms with Gasteiger partial charge in [0, 0.05) is 19.6 Å². The predicted octanol–water partition coefficient (Wildman–Crippen LogP) is 1.21. The molecule has 2 N–H and O–H groups in total. The van der Waals surface area contributed by atoms with Crippen LogP contribution in [-0.4, -0.2) is 63.7 Å². The van der Waals surface area contributed by atoms with Gasteiger partial charge in [-0.2, -0.15) is 0 Å². The van der Waals surface area contributed by atoms with Crippen LogP contribution in [0.5, 0.6) is 11.5 Å². The maximum atomic E-state index is 12.2. The van der Waals surface area contributed by atoms with E-state index in [1.165, 1.54) is 0 Å². The van der Waals surface area contributed by atoms with Crippen molar-refractivity contribution in [3.63, 3.8) is 0 Å². The molecule has 150 valence electrons. The van der Waals surface area contributed by atoms with Crippen molar-refractivity contribution in [3.8, 4) is 11.5 Å². The summed E-state index contributed by atoms with van der Waals surface area (Å²) in [7, 11) is 3.21. The molecule has 1 atom stereocenters. The van der Waals surface area contributed by atoms with E-state index in [9.17, 15) is 9.59 Å². The van der Waals surface area contributed by atoms with Crippen molar-refractivity contribution in [1.29, 1.82) is 0 Å². The number of amides is 2. The van der Waals surface area contributed by atoms with Crippen LogP contribution in [0.1, 0.15) is 25.3 Å². The Balaban J connectivity index is 1.75. The van der Waals surface area contributed by atoms with E-state index in [1.807, 2.05) is 25.1 Å². The molecule has 2 amide bonds. The minimum atomic E-state index is -0.0155. The fraction of sp³-hybridized carbons (Fsp3) is 0.600. The Labute approximate surface area is 161 Å². The molecule has 27 heavy (non-hydrogen) atoms. The van der Waals surface area contributed by atoms with E-state index >= 15 is 0 Å². The standard InChI is InChI=1S/C20H31N3O4/c1-4-21-20(25)16-6-5-11-23(13-16)14-19(24)22-10-9-15-7-8-17(26-2)18(12-15)27-3/h7-8,12,16H,4-6,9-11,13-14H2,1-3H3,(H,21,25)(H,22,24). The third kappa shape index (κ3) is 6.43. The lowest BCUT2D eigenvalue weighted by atomic mass is 9.97. The molecule has 0 saturated carbocycles. The molecule has 0 aromatic heterocycles. The number of ether oxygens (including phenoxy) is 2. The summed E-state index contributed by atoms with van der Waals surface area (Å²) in [5.41, 5.74) is 1.07. The molecule has 1 saturated heterocycles. The quantitative estimate of drug-likeness (QED) is 0.676. The molecule has 7 heteroatoms. The molecule has 7 nitrogen and oxygen atoms in total. The van der Waals surface area contributed by atoms with Gasteiger partial charge < -0.3 is 20.1 Å². The van der Waals surface area contributed by atoms with Gasteiger partial charge in [-0.1, -0.05) is 6.07 Å². The van der Waals surface area contributed by atoms with Crippen LogP contribution in [0.3, 0.4) is 0 Å². The van der Waals surface area contributed by atoms with E-state index in [0.29, 0.717) is 44.1 Å². The number of rotatable bonds is 9. The Kier molecular flexibility index (Phi) is 8.39. The van der Waals surface area contributed by atoms with Crippen LogP contribution in [0.4, 0.5) is 0 Å². The van der Waals surface area contributed by atoms with Gasteiger partial charge in [-0.25, -0.2) is 0 Å². The fourth-order valence-electron chi connectivity index (χ4n) is 3.37. The number of nitrogens with zero attached hydrogens (tertiary/aromatic N) is 1. The monoisotopic (exact) mass is 377 g/mol. The van der Waals surface area contributed by atoms with Crippen LogP contribution in [0, 0.1) is 5.92 Å². The van der Waals surface area contributed by atoms with Crippen LogP contribution >= 0.6 is 0 Å². The van der Waals surface area contributed by atoms with E-state index in [4.69, 9.17) is 9.47 Å². The molecule has 1 fully saturated rings. The summed E-state index contributed by atoms with van der Waals surface area (Å²) in [5.74, 6) is 1.45. The number of carbonyl (C=O) groups excluding carboxylic acids is 2. The second-order valence-corrected chi connectivity index (χ2v) is 6.76. The molecule has 2 rings (SSSR count). The van der Waals surface area contributed by atoms with Gasteiger partial charge in [-0.3, -0.25) is 14.5 Å². The minimum Gasteiger partial charge on any atom is -0.493 e. The first-order chi connectivity index (χ1) is 13.1. The van der Waals surface area contributed by atoms with Crippen LogP contribution in [0.25, 0.3) is 0 Å². The summed E-state index contributed by atoms with van der Waals surface area (Å²) in [6, 6.07) is 5.76. The van der Waals surface area contributed by atoms with Gasteiger partial charge in [0.25, 0.3) is 0 Å². The molecule has 1 heterocycles. The van der Waals surface area contributed by atoms with Crippen molar-refractivity contribution in [3.05, 3.63) is 23.8 Å². The topological polar surface area (TPSA) is 79.9 Å². The first-order valence-corrected chi connectivity index (χ1v) is 9.55. The van der Waals surface area contributed by atoms with E-state index < -0.39 is 0 Å². The number of hydrogen-bond donors (Lipinski definition) is 2. The largest absolute Gasteiger partial charge is 0.493 e. The number of piperidine rings is 1. The molecule has 0 aliphatic carbocycles. The maximum Gasteiger partial charge on any atom is 0.234 e. The lowest BCUT2D eigenvalue weighted by Crippen LogP contribution is -2.46. The first kappa shape index (κ1) is 21.0. The molecule has 0 radical (unpaired) electrons. The summed E-state index contributed by atoms with van der Waals surface area (Å²) < 4.78 is 10.5. The molecule has 1 aliphatic rings. The highest BCUT2D eigenvalue weighted by Gasteiger charge is 2.26. The SMILES string of the molecule is CCNC(=O)C1CCCN(CC(=O)NCCc2ccc(OC)c(OC)c2)C1. The molecular weight excluding hydrogens is 346 g/mol. The average molecular weight is 377 g/mol. The highest BCUT2D eigenvalue weighted by molar-refractivity contribution is 5.80. The van der Waals surface area contributed by atoms with Crippen LogP contribution in [0.15, 0.2) is 18.2 Å². The van der Waals surface area contributed by atoms with Crippen molar-refractivity contribution in [2.75, 3.05) is 46.9 Å². The van der Waals surface area contributed by atoms with Crippen molar-refractivity contribution in [2.45, 2.75) is 26.2 Å². The Bertz CT molecular complexity index is 636. The van der Waals surface area contributed by atoms with Gasteiger partial charge in [0.05, 0.1) is 26.7 Å². The van der Waals surface area contributed by atoms with Crippen molar-refractivity contribution in [2.24, 2.45) is 5.92 Å². The van der Waals surface area contributed by atoms with E-state index in [2.05, 4.69) is 15.5 Å². The zero-order chi connectivity index (χ0) is 19.6. The van der Waals surface area contributed by atoms with Crippen molar-refractivity contribution >= 4 is 11.8 Å². The second kappa shape index (κ2) is 10.8. The van der Waals surface area contributed by atoms with Crippen molar-refractivity contribution in [1.82, 2.24) is 15.5 Å². The molecule has 0 bridgehead atoms. The van der Waals surface area contributed by atoms with Gasteiger partial charge in [0.15, 0.2) is 11.5 Å². The molecule has 1 aliphatic heterocycles. The van der Waals surface area contributed by atoms with Crippen molar-refractivity contribution < 1.29 is 19.1 Å². The maximum absolute atomic E-state index is 12.2. The first-order valence-electron chi connectivity index (χ1n) is 9.55. The lowest BCUT2D eigenvalue weighted by Gasteiger charge is -2.31. The Morgan fingerprint density at radius 2 is 1.96 bits per heavy atom. The van der Waals surface area contributed by atoms with Crippen LogP contribution in [0.2, 0.25) is 0 Å². The highest BCUT2D eigenvalue weighted by atomic mass is 16.5. The van der Waals surface area contributed by atoms with Gasteiger partial charge in [0.1, 0.15) is 0 Å². The number of benzene rings is 1. The number of nitrogens with one attached hydrogen (secondary N) is 2. The van der Waals surface area contributed by atoms with Crippen LogP contribution < -0.4 is 20.1 Å². The summed E-state index contributed by atoms with van der Waals surface area (Å²) in [5, 5.41) is 5.83. The Morgan fingerprint density at radius 3 is 2.67 bits per heavy atom. The second-order valence-electron chi connectivity index (χ2n) is 6.76. The Hall–Kier alpha value is -2.28. The summed E-state index contributed by atoms with van der Waals surface area (Å²) in [4.78, 5) is 26.3. The van der Waals surface area contributed by atoms with Gasteiger partial charge >= 0.3 is 0 Å². The van der Waals surface area contributed by atoms with E-state index in [1.54, 1.807) is 14.2 Å². The fourth-order valence-corrected chi connectivity index (χ4v) is 3.37. The number of likely N-dealkylation sites (tertiary alicyclic amines) is 1. The highest BCUT2D eigenvalue weighted by Crippen LogP contribution is 2.27. The zero-order valence-electron chi connectivity index (χ0n) is 16.5. The summed E-state index contributed by atoms with van der Waals surface area (Å²) in [6.07, 6.45) is 2.55. The number of methoxy groups -OCH3 is 2. The predicted molar refractivity (Wildman–Crippen MR) is 104 cm³/mol. The summed E-state index contributed by atoms with van der Waals surface area (Å²) >= 11 is 0. The normalized spacial score (nSPS) is 17.2. The third-order valence-electron chi connectivity index (χ3n) is 4.78. The molecular formula is C20H31N3O4. The Morgan fingerprint density at radius 1 is 1.19 bits per heavy atom. The average Bonchev–Trinajstić information content (AvgIpc) is 2.68. The van der Waals surface area contributed by atoms with Gasteiger partial charge in [0.2, 0.25) is 11.8 Å². The van der Waals surface area contributed by atoms with E-state index in [0.717, 1.165) is 24.9 Å². The minimum absolute atomic E-state index is 0.00738. The van der Waals surface area contributed by atoms with Gasteiger partial charge in [-0.05, 0) is 50.4 Å². The van der Waals surface area contributed by atoms with E-state index in [-0.39, 0.29) is 17.7 Å². The molecule has 1 aromatic rings.